The lowest BCUT2D eigenvalue weighted by atomic mass is 10.2. The van der Waals surface area contributed by atoms with Crippen LogP contribution in [-0.2, 0) is 24.1 Å². The topological polar surface area (TPSA) is 67.2 Å². The number of hydrogen-bond donors (Lipinski definition) is 1. The first-order valence-electron chi connectivity index (χ1n) is 10.2. The molecule has 0 bridgehead atoms. The number of carbonyl (C=O) groups excluding carboxylic acids is 1. The van der Waals surface area contributed by atoms with Gasteiger partial charge in [-0.2, -0.15) is 13.2 Å². The third-order valence-electron chi connectivity index (χ3n) is 5.40. The van der Waals surface area contributed by atoms with Crippen LogP contribution in [0.2, 0.25) is 0 Å². The van der Waals surface area contributed by atoms with E-state index in [9.17, 15) is 22.8 Å². The summed E-state index contributed by atoms with van der Waals surface area (Å²) in [7, 11) is 0. The van der Waals surface area contributed by atoms with Gasteiger partial charge in [0.05, 0.1) is 17.5 Å². The van der Waals surface area contributed by atoms with Crippen molar-refractivity contribution in [2.75, 3.05) is 18.4 Å². The van der Waals surface area contributed by atoms with Crippen molar-refractivity contribution in [1.82, 2.24) is 14.5 Å². The van der Waals surface area contributed by atoms with Gasteiger partial charge in [-0.3, -0.25) is 19.1 Å². The van der Waals surface area contributed by atoms with Crippen molar-refractivity contribution in [3.8, 4) is 0 Å². The maximum atomic E-state index is 13.3. The quantitative estimate of drug-likeness (QED) is 0.554. The smallest absolute Gasteiger partial charge is 0.325 e. The van der Waals surface area contributed by atoms with E-state index in [1.165, 1.54) is 28.0 Å². The molecule has 0 aliphatic heterocycles. The van der Waals surface area contributed by atoms with Gasteiger partial charge in [-0.25, -0.2) is 4.98 Å². The number of aryl methyl sites for hydroxylation is 2. The zero-order chi connectivity index (χ0) is 23.6. The number of rotatable bonds is 7. The van der Waals surface area contributed by atoms with Crippen LogP contribution in [0.1, 0.15) is 35.7 Å². The van der Waals surface area contributed by atoms with Crippen LogP contribution in [0.25, 0.3) is 10.2 Å². The number of alkyl halides is 3. The average Bonchev–Trinajstić information content (AvgIpc) is 3.01. The van der Waals surface area contributed by atoms with Gasteiger partial charge in [0, 0.05) is 10.6 Å². The standard InChI is InChI=1S/C22H25F3N4O2S/c1-5-28(6-2)11-17-27-20-19(13(3)14(4)32-20)21(31)29(17)12-18(30)26-16-9-7-8-15(10-16)22(23,24)25/h7-10H,5-6,11-12H2,1-4H3,(H,26,30). The summed E-state index contributed by atoms with van der Waals surface area (Å²) in [5.41, 5.74) is -0.343. The molecular formula is C22H25F3N4O2S. The highest BCUT2D eigenvalue weighted by molar-refractivity contribution is 7.18. The highest BCUT2D eigenvalue weighted by Crippen LogP contribution is 2.30. The van der Waals surface area contributed by atoms with Crippen molar-refractivity contribution in [3.63, 3.8) is 0 Å². The summed E-state index contributed by atoms with van der Waals surface area (Å²) in [5.74, 6) is -0.149. The van der Waals surface area contributed by atoms with Crippen LogP contribution in [0.15, 0.2) is 29.1 Å². The van der Waals surface area contributed by atoms with Crippen molar-refractivity contribution >= 4 is 33.1 Å². The molecule has 0 atom stereocenters. The lowest BCUT2D eigenvalue weighted by Crippen LogP contribution is -2.34. The van der Waals surface area contributed by atoms with Gasteiger partial charge in [0.2, 0.25) is 5.91 Å². The number of amides is 1. The van der Waals surface area contributed by atoms with E-state index < -0.39 is 17.6 Å². The minimum atomic E-state index is -4.52. The summed E-state index contributed by atoms with van der Waals surface area (Å²) in [6.45, 7) is 9.25. The number of hydrogen-bond acceptors (Lipinski definition) is 5. The van der Waals surface area contributed by atoms with Crippen molar-refractivity contribution in [2.45, 2.75) is 47.0 Å². The monoisotopic (exact) mass is 466 g/mol. The van der Waals surface area contributed by atoms with Crippen LogP contribution >= 0.6 is 11.3 Å². The molecule has 0 radical (unpaired) electrons. The zero-order valence-electron chi connectivity index (χ0n) is 18.3. The second-order valence-electron chi connectivity index (χ2n) is 7.47. The van der Waals surface area contributed by atoms with Crippen LogP contribution in [0, 0.1) is 13.8 Å². The molecule has 6 nitrogen and oxygen atoms in total. The van der Waals surface area contributed by atoms with E-state index in [1.807, 2.05) is 27.7 Å². The number of carbonyl (C=O) groups is 1. The Morgan fingerprint density at radius 2 is 1.91 bits per heavy atom. The first-order chi connectivity index (χ1) is 15.0. The largest absolute Gasteiger partial charge is 0.416 e. The number of thiophene rings is 1. The fourth-order valence-corrected chi connectivity index (χ4v) is 4.46. The molecule has 0 fully saturated rings. The molecule has 3 rings (SSSR count). The predicted octanol–water partition coefficient (Wildman–Crippen LogP) is 4.57. The van der Waals surface area contributed by atoms with Crippen LogP contribution in [0.4, 0.5) is 18.9 Å². The van der Waals surface area contributed by atoms with Gasteiger partial charge in [-0.05, 0) is 50.7 Å². The number of fused-ring (bicyclic) bond motifs is 1. The van der Waals surface area contributed by atoms with Gasteiger partial charge < -0.3 is 5.32 Å². The molecule has 0 aliphatic carbocycles. The number of anilines is 1. The van der Waals surface area contributed by atoms with Gasteiger partial charge >= 0.3 is 6.18 Å². The van der Waals surface area contributed by atoms with Gasteiger partial charge in [0.1, 0.15) is 17.2 Å². The van der Waals surface area contributed by atoms with Crippen LogP contribution < -0.4 is 10.9 Å². The summed E-state index contributed by atoms with van der Waals surface area (Å²) in [6, 6.07) is 4.40. The third kappa shape index (κ3) is 5.02. The van der Waals surface area contributed by atoms with Crippen LogP contribution in [0.3, 0.4) is 0 Å². The molecule has 1 N–H and O–H groups in total. The Morgan fingerprint density at radius 1 is 1.22 bits per heavy atom. The lowest BCUT2D eigenvalue weighted by Gasteiger charge is -2.20. The first-order valence-corrected chi connectivity index (χ1v) is 11.1. The van der Waals surface area contributed by atoms with Gasteiger partial charge in [-0.15, -0.1) is 11.3 Å². The molecule has 0 saturated carbocycles. The van der Waals surface area contributed by atoms with E-state index >= 15 is 0 Å². The molecule has 3 aromatic rings. The maximum Gasteiger partial charge on any atom is 0.416 e. The molecule has 1 amide bonds. The van der Waals surface area contributed by atoms with Gasteiger partial charge in [0.25, 0.3) is 5.56 Å². The summed E-state index contributed by atoms with van der Waals surface area (Å²) in [5, 5.41) is 2.94. The Kier molecular flexibility index (Phi) is 7.04. The molecule has 2 heterocycles. The fourth-order valence-electron chi connectivity index (χ4n) is 3.42. The maximum absolute atomic E-state index is 13.3. The molecule has 0 aliphatic rings. The van der Waals surface area contributed by atoms with Crippen molar-refractivity contribution < 1.29 is 18.0 Å². The van der Waals surface area contributed by atoms with Gasteiger partial charge in [-0.1, -0.05) is 19.9 Å². The minimum absolute atomic E-state index is 0.0137. The fraction of sp³-hybridized carbons (Fsp3) is 0.409. The number of aromatic nitrogens is 2. The molecule has 0 saturated heterocycles. The molecule has 1 aromatic carbocycles. The van der Waals surface area contributed by atoms with E-state index in [4.69, 9.17) is 0 Å². The SMILES string of the molecule is CCN(CC)Cc1nc2sc(C)c(C)c2c(=O)n1CC(=O)Nc1cccc(C(F)(F)F)c1. The van der Waals surface area contributed by atoms with E-state index in [0.29, 0.717) is 22.6 Å². The average molecular weight is 467 g/mol. The summed E-state index contributed by atoms with van der Waals surface area (Å²) in [4.78, 5) is 34.4. The lowest BCUT2D eigenvalue weighted by molar-refractivity contribution is -0.137. The second-order valence-corrected chi connectivity index (χ2v) is 8.67. The predicted molar refractivity (Wildman–Crippen MR) is 120 cm³/mol. The van der Waals surface area contributed by atoms with E-state index in [-0.39, 0.29) is 17.8 Å². The Morgan fingerprint density at radius 3 is 2.53 bits per heavy atom. The van der Waals surface area contributed by atoms with E-state index in [1.54, 1.807) is 0 Å². The number of benzene rings is 1. The summed E-state index contributed by atoms with van der Waals surface area (Å²) < 4.78 is 40.2. The van der Waals surface area contributed by atoms with Crippen LogP contribution in [-0.4, -0.2) is 33.4 Å². The Balaban J connectivity index is 1.97. The number of nitrogens with one attached hydrogen (secondary N) is 1. The molecule has 10 heteroatoms. The molecule has 0 spiro atoms. The third-order valence-corrected chi connectivity index (χ3v) is 6.50. The minimum Gasteiger partial charge on any atom is -0.325 e. The Hall–Kier alpha value is -2.72. The molecule has 32 heavy (non-hydrogen) atoms. The molecular weight excluding hydrogens is 441 g/mol. The Labute approximate surface area is 187 Å². The van der Waals surface area contributed by atoms with Crippen molar-refractivity contribution in [3.05, 3.63) is 56.4 Å². The second kappa shape index (κ2) is 9.41. The van der Waals surface area contributed by atoms with Crippen molar-refractivity contribution in [1.29, 1.82) is 0 Å². The molecule has 172 valence electrons. The van der Waals surface area contributed by atoms with Gasteiger partial charge in [0.15, 0.2) is 0 Å². The summed E-state index contributed by atoms with van der Waals surface area (Å²) >= 11 is 1.43. The summed E-state index contributed by atoms with van der Waals surface area (Å²) in [6.07, 6.45) is -4.52. The highest BCUT2D eigenvalue weighted by Gasteiger charge is 2.30. The van der Waals surface area contributed by atoms with E-state index in [0.717, 1.165) is 35.7 Å². The van der Waals surface area contributed by atoms with E-state index in [2.05, 4.69) is 15.2 Å². The Bertz CT molecular complexity index is 1200. The normalized spacial score (nSPS) is 12.0. The molecule has 0 unspecified atom stereocenters. The number of nitrogens with zero attached hydrogens (tertiary/aromatic N) is 3. The first kappa shape index (κ1) is 23.9. The van der Waals surface area contributed by atoms with Crippen molar-refractivity contribution in [2.24, 2.45) is 0 Å². The zero-order valence-corrected chi connectivity index (χ0v) is 19.2. The molecule has 2 aromatic heterocycles. The van der Waals surface area contributed by atoms with Crippen LogP contribution in [0.5, 0.6) is 0 Å². The number of halogens is 3. The highest BCUT2D eigenvalue weighted by atomic mass is 32.1.